The molecule has 0 bridgehead atoms. The number of aliphatic hydroxyl groups excluding tert-OH is 1. The minimum Gasteiger partial charge on any atom is -0.491 e. The van der Waals surface area contributed by atoms with Gasteiger partial charge in [0.1, 0.15) is 12.4 Å². The summed E-state index contributed by atoms with van der Waals surface area (Å²) in [5.41, 5.74) is 1.10. The van der Waals surface area contributed by atoms with E-state index < -0.39 is 0 Å². The topological polar surface area (TPSA) is 29.5 Å². The van der Waals surface area contributed by atoms with Gasteiger partial charge in [0.2, 0.25) is 0 Å². The maximum atomic E-state index is 8.55. The molecule has 0 unspecified atom stereocenters. The second-order valence-corrected chi connectivity index (χ2v) is 2.87. The van der Waals surface area contributed by atoms with Gasteiger partial charge in [0.15, 0.2) is 0 Å². The number of aliphatic hydroxyl groups is 1. The van der Waals surface area contributed by atoms with Crippen molar-refractivity contribution in [2.45, 2.75) is 5.33 Å². The average Bonchev–Trinajstić information content (AvgIpc) is 2.15. The Bertz CT molecular complexity index is 238. The summed E-state index contributed by atoms with van der Waals surface area (Å²) in [6.45, 7) is 0.403. The van der Waals surface area contributed by atoms with Gasteiger partial charge in [-0.05, 0) is 6.07 Å². The van der Waals surface area contributed by atoms with E-state index in [2.05, 4.69) is 15.9 Å². The number of rotatable bonds is 4. The van der Waals surface area contributed by atoms with Crippen LogP contribution >= 0.6 is 15.9 Å². The number of alkyl halides is 1. The number of ether oxygens (including phenoxy) is 1. The lowest BCUT2D eigenvalue weighted by molar-refractivity contribution is 0.200. The summed E-state index contributed by atoms with van der Waals surface area (Å²) in [6.07, 6.45) is 0. The molecule has 0 aliphatic rings. The Hall–Kier alpha value is -0.540. The van der Waals surface area contributed by atoms with E-state index in [0.717, 1.165) is 16.6 Å². The third kappa shape index (κ3) is 2.50. The summed E-state index contributed by atoms with van der Waals surface area (Å²) < 4.78 is 5.30. The van der Waals surface area contributed by atoms with Gasteiger partial charge in [-0.3, -0.25) is 0 Å². The minimum atomic E-state index is 0.0522. The van der Waals surface area contributed by atoms with Gasteiger partial charge in [-0.1, -0.05) is 34.1 Å². The molecule has 3 heteroatoms. The lowest BCUT2D eigenvalue weighted by Crippen LogP contribution is -2.02. The van der Waals surface area contributed by atoms with Crippen molar-refractivity contribution >= 4 is 15.9 Å². The lowest BCUT2D eigenvalue weighted by atomic mass is 10.2. The molecule has 0 radical (unpaired) electrons. The average molecular weight is 231 g/mol. The van der Waals surface area contributed by atoms with E-state index in [1.54, 1.807) is 0 Å². The summed E-state index contributed by atoms with van der Waals surface area (Å²) in [7, 11) is 0. The maximum Gasteiger partial charge on any atom is 0.123 e. The molecule has 2 nitrogen and oxygen atoms in total. The second kappa shape index (κ2) is 5.17. The van der Waals surface area contributed by atoms with Gasteiger partial charge >= 0.3 is 0 Å². The van der Waals surface area contributed by atoms with Crippen LogP contribution in [0, 0.1) is 0 Å². The second-order valence-electron chi connectivity index (χ2n) is 2.31. The van der Waals surface area contributed by atoms with Gasteiger partial charge < -0.3 is 9.84 Å². The van der Waals surface area contributed by atoms with E-state index in [1.165, 1.54) is 0 Å². The van der Waals surface area contributed by atoms with Gasteiger partial charge in [0, 0.05) is 10.9 Å². The molecule has 0 aliphatic heterocycles. The summed E-state index contributed by atoms with van der Waals surface area (Å²) in [6, 6.07) is 7.76. The number of benzene rings is 1. The van der Waals surface area contributed by atoms with Crippen LogP contribution < -0.4 is 4.74 Å². The molecule has 0 fully saturated rings. The summed E-state index contributed by atoms with van der Waals surface area (Å²) in [5.74, 6) is 0.837. The highest BCUT2D eigenvalue weighted by Crippen LogP contribution is 2.19. The van der Waals surface area contributed by atoms with Crippen molar-refractivity contribution in [2.75, 3.05) is 13.2 Å². The van der Waals surface area contributed by atoms with Crippen molar-refractivity contribution in [3.63, 3.8) is 0 Å². The highest BCUT2D eigenvalue weighted by molar-refractivity contribution is 9.08. The van der Waals surface area contributed by atoms with E-state index >= 15 is 0 Å². The molecular formula is C9H11BrO2. The van der Waals surface area contributed by atoms with Gasteiger partial charge in [0.05, 0.1) is 6.61 Å². The Labute approximate surface area is 80.3 Å². The molecule has 0 saturated heterocycles. The quantitative estimate of drug-likeness (QED) is 0.802. The monoisotopic (exact) mass is 230 g/mol. The van der Waals surface area contributed by atoms with Crippen LogP contribution in [0.1, 0.15) is 5.56 Å². The first kappa shape index (κ1) is 9.55. The molecule has 66 valence electrons. The first-order chi connectivity index (χ1) is 5.88. The summed E-state index contributed by atoms with van der Waals surface area (Å²) in [4.78, 5) is 0. The number of hydrogen-bond donors (Lipinski definition) is 1. The molecule has 0 aliphatic carbocycles. The normalized spacial score (nSPS) is 9.83. The van der Waals surface area contributed by atoms with Crippen LogP contribution in [-0.4, -0.2) is 18.3 Å². The standard InChI is InChI=1S/C9H11BrO2/c10-7-8-3-1-2-4-9(8)12-6-5-11/h1-4,11H,5-7H2. The summed E-state index contributed by atoms with van der Waals surface area (Å²) in [5, 5.41) is 9.33. The molecule has 1 aromatic carbocycles. The predicted molar refractivity (Wildman–Crippen MR) is 51.7 cm³/mol. The third-order valence-electron chi connectivity index (χ3n) is 1.47. The Balaban J connectivity index is 2.68. The zero-order chi connectivity index (χ0) is 8.81. The molecule has 1 N–H and O–H groups in total. The van der Waals surface area contributed by atoms with Gasteiger partial charge in [-0.2, -0.15) is 0 Å². The molecule has 1 rings (SSSR count). The van der Waals surface area contributed by atoms with Crippen molar-refractivity contribution in [1.82, 2.24) is 0 Å². The lowest BCUT2D eigenvalue weighted by Gasteiger charge is -2.07. The first-order valence-corrected chi connectivity index (χ1v) is 4.88. The van der Waals surface area contributed by atoms with Crippen LogP contribution in [0.25, 0.3) is 0 Å². The van der Waals surface area contributed by atoms with Crippen LogP contribution in [0.15, 0.2) is 24.3 Å². The van der Waals surface area contributed by atoms with E-state index in [4.69, 9.17) is 9.84 Å². The smallest absolute Gasteiger partial charge is 0.123 e. The minimum absolute atomic E-state index is 0.0522. The SMILES string of the molecule is OCCOc1ccccc1CBr. The third-order valence-corrected chi connectivity index (χ3v) is 2.07. The van der Waals surface area contributed by atoms with E-state index in [0.29, 0.717) is 6.61 Å². The number of para-hydroxylation sites is 1. The first-order valence-electron chi connectivity index (χ1n) is 3.76. The van der Waals surface area contributed by atoms with Crippen LogP contribution in [0.5, 0.6) is 5.75 Å². The van der Waals surface area contributed by atoms with Crippen molar-refractivity contribution in [2.24, 2.45) is 0 Å². The Morgan fingerprint density at radius 3 is 2.75 bits per heavy atom. The largest absolute Gasteiger partial charge is 0.491 e. The molecule has 0 spiro atoms. The zero-order valence-corrected chi connectivity index (χ0v) is 8.25. The van der Waals surface area contributed by atoms with Gasteiger partial charge in [-0.25, -0.2) is 0 Å². The number of hydrogen-bond acceptors (Lipinski definition) is 2. The van der Waals surface area contributed by atoms with E-state index in [1.807, 2.05) is 24.3 Å². The highest BCUT2D eigenvalue weighted by atomic mass is 79.9. The van der Waals surface area contributed by atoms with Crippen molar-refractivity contribution in [3.8, 4) is 5.75 Å². The van der Waals surface area contributed by atoms with Crippen molar-refractivity contribution in [3.05, 3.63) is 29.8 Å². The fourth-order valence-corrected chi connectivity index (χ4v) is 1.37. The Morgan fingerprint density at radius 2 is 2.08 bits per heavy atom. The molecule has 0 aromatic heterocycles. The van der Waals surface area contributed by atoms with Crippen LogP contribution in [-0.2, 0) is 5.33 Å². The zero-order valence-electron chi connectivity index (χ0n) is 6.66. The Morgan fingerprint density at radius 1 is 1.33 bits per heavy atom. The molecule has 0 saturated carbocycles. The van der Waals surface area contributed by atoms with Crippen molar-refractivity contribution in [1.29, 1.82) is 0 Å². The van der Waals surface area contributed by atoms with Crippen LogP contribution in [0.4, 0.5) is 0 Å². The molecule has 1 aromatic rings. The predicted octanol–water partition coefficient (Wildman–Crippen LogP) is 1.95. The molecular weight excluding hydrogens is 220 g/mol. The molecule has 0 amide bonds. The van der Waals surface area contributed by atoms with Gasteiger partial charge in [0.25, 0.3) is 0 Å². The molecule has 0 heterocycles. The highest BCUT2D eigenvalue weighted by Gasteiger charge is 1.99. The van der Waals surface area contributed by atoms with Gasteiger partial charge in [-0.15, -0.1) is 0 Å². The van der Waals surface area contributed by atoms with Crippen LogP contribution in [0.2, 0.25) is 0 Å². The Kier molecular flexibility index (Phi) is 4.11. The fraction of sp³-hybridized carbons (Fsp3) is 0.333. The maximum absolute atomic E-state index is 8.55. The summed E-state index contributed by atoms with van der Waals surface area (Å²) >= 11 is 3.36. The fourth-order valence-electron chi connectivity index (χ4n) is 0.911. The van der Waals surface area contributed by atoms with E-state index in [-0.39, 0.29) is 6.61 Å². The molecule has 0 atom stereocenters. The van der Waals surface area contributed by atoms with Crippen LogP contribution in [0.3, 0.4) is 0 Å². The van der Waals surface area contributed by atoms with E-state index in [9.17, 15) is 0 Å². The molecule has 12 heavy (non-hydrogen) atoms. The number of halogens is 1. The van der Waals surface area contributed by atoms with Crippen molar-refractivity contribution < 1.29 is 9.84 Å².